The van der Waals surface area contributed by atoms with E-state index in [1.807, 2.05) is 20.8 Å². The number of rotatable bonds is 6. The number of methoxy groups -OCH3 is 1. The summed E-state index contributed by atoms with van der Waals surface area (Å²) < 4.78 is 5.11. The molecule has 1 aromatic rings. The third-order valence-corrected chi connectivity index (χ3v) is 4.61. The molecule has 1 unspecified atom stereocenters. The Labute approximate surface area is 147 Å². The molecule has 1 atom stereocenters. The van der Waals surface area contributed by atoms with E-state index in [2.05, 4.69) is 10.6 Å². The number of hydrogen-bond donors (Lipinski definition) is 2. The van der Waals surface area contributed by atoms with Gasteiger partial charge in [-0.2, -0.15) is 0 Å². The van der Waals surface area contributed by atoms with Crippen LogP contribution in [-0.2, 0) is 15.1 Å². The second-order valence-corrected chi connectivity index (χ2v) is 6.96. The summed E-state index contributed by atoms with van der Waals surface area (Å²) in [6.07, 6.45) is 0.739. The third kappa shape index (κ3) is 3.75. The summed E-state index contributed by atoms with van der Waals surface area (Å²) in [7, 11) is 1.55. The summed E-state index contributed by atoms with van der Waals surface area (Å²) >= 11 is 0. The molecule has 4 amide bonds. The van der Waals surface area contributed by atoms with Gasteiger partial charge in [0.05, 0.1) is 7.11 Å². The highest BCUT2D eigenvalue weighted by molar-refractivity contribution is 6.09. The van der Waals surface area contributed by atoms with Crippen LogP contribution in [0.2, 0.25) is 0 Å². The molecule has 7 nitrogen and oxygen atoms in total. The molecule has 1 aliphatic rings. The number of carbonyl (C=O) groups is 3. The number of nitrogens with one attached hydrogen (secondary N) is 2. The molecule has 1 aromatic carbocycles. The van der Waals surface area contributed by atoms with Crippen molar-refractivity contribution < 1.29 is 19.1 Å². The van der Waals surface area contributed by atoms with Gasteiger partial charge in [-0.1, -0.05) is 19.1 Å². The van der Waals surface area contributed by atoms with E-state index in [1.54, 1.807) is 38.3 Å². The Hall–Kier alpha value is -2.57. The van der Waals surface area contributed by atoms with E-state index in [1.165, 1.54) is 0 Å². The molecule has 1 saturated heterocycles. The van der Waals surface area contributed by atoms with Gasteiger partial charge in [-0.25, -0.2) is 4.79 Å². The van der Waals surface area contributed by atoms with Crippen molar-refractivity contribution in [1.29, 1.82) is 0 Å². The van der Waals surface area contributed by atoms with Gasteiger partial charge < -0.3 is 15.4 Å². The minimum absolute atomic E-state index is 0.306. The average Bonchev–Trinajstić information content (AvgIpc) is 2.78. The van der Waals surface area contributed by atoms with Gasteiger partial charge in [-0.3, -0.25) is 14.5 Å². The van der Waals surface area contributed by atoms with Crippen LogP contribution in [0.5, 0.6) is 5.75 Å². The minimum atomic E-state index is -1.20. The highest BCUT2D eigenvalue weighted by Crippen LogP contribution is 2.29. The largest absolute Gasteiger partial charge is 0.497 e. The van der Waals surface area contributed by atoms with Crippen molar-refractivity contribution in [2.75, 3.05) is 13.7 Å². The molecule has 2 rings (SSSR count). The molecular weight excluding hydrogens is 322 g/mol. The smallest absolute Gasteiger partial charge is 0.325 e. The fourth-order valence-corrected chi connectivity index (χ4v) is 2.61. The number of ether oxygens (including phenoxy) is 1. The quantitative estimate of drug-likeness (QED) is 0.768. The number of hydrogen-bond acceptors (Lipinski definition) is 4. The van der Waals surface area contributed by atoms with Crippen molar-refractivity contribution in [3.05, 3.63) is 29.8 Å². The van der Waals surface area contributed by atoms with Gasteiger partial charge in [0.25, 0.3) is 5.91 Å². The number of amides is 4. The van der Waals surface area contributed by atoms with Crippen LogP contribution in [0, 0.1) is 0 Å². The van der Waals surface area contributed by atoms with E-state index in [9.17, 15) is 14.4 Å². The molecule has 0 aromatic heterocycles. The van der Waals surface area contributed by atoms with Crippen LogP contribution in [-0.4, -0.2) is 41.9 Å². The summed E-state index contributed by atoms with van der Waals surface area (Å²) in [5, 5.41) is 5.51. The van der Waals surface area contributed by atoms with Gasteiger partial charge in [0.2, 0.25) is 5.91 Å². The number of imide groups is 1. The van der Waals surface area contributed by atoms with Crippen molar-refractivity contribution >= 4 is 17.8 Å². The molecule has 1 aliphatic heterocycles. The third-order valence-electron chi connectivity index (χ3n) is 4.61. The molecule has 0 bridgehead atoms. The molecule has 2 N–H and O–H groups in total. The molecule has 0 aliphatic carbocycles. The number of carbonyl (C=O) groups excluding carboxylic acids is 3. The van der Waals surface area contributed by atoms with Gasteiger partial charge >= 0.3 is 6.03 Å². The Balaban J connectivity index is 2.16. The Morgan fingerprint density at radius 1 is 1.28 bits per heavy atom. The maximum absolute atomic E-state index is 12.8. The summed E-state index contributed by atoms with van der Waals surface area (Å²) in [5.74, 6) is -0.163. The maximum atomic E-state index is 12.8. The first-order valence-corrected chi connectivity index (χ1v) is 8.22. The van der Waals surface area contributed by atoms with Crippen molar-refractivity contribution in [3.63, 3.8) is 0 Å². The van der Waals surface area contributed by atoms with Crippen LogP contribution in [0.15, 0.2) is 24.3 Å². The molecular formula is C18H25N3O4. The first kappa shape index (κ1) is 18.8. The van der Waals surface area contributed by atoms with Gasteiger partial charge in [-0.15, -0.1) is 0 Å². The topological polar surface area (TPSA) is 87.7 Å². The van der Waals surface area contributed by atoms with Gasteiger partial charge in [-0.05, 0) is 44.9 Å². The van der Waals surface area contributed by atoms with Crippen LogP contribution in [0.4, 0.5) is 4.79 Å². The minimum Gasteiger partial charge on any atom is -0.497 e. The zero-order valence-corrected chi connectivity index (χ0v) is 15.3. The molecule has 25 heavy (non-hydrogen) atoms. The fourth-order valence-electron chi connectivity index (χ4n) is 2.61. The van der Waals surface area contributed by atoms with Crippen molar-refractivity contribution in [2.24, 2.45) is 0 Å². The van der Waals surface area contributed by atoms with E-state index < -0.39 is 23.0 Å². The Morgan fingerprint density at radius 2 is 1.88 bits per heavy atom. The Kier molecular flexibility index (Phi) is 5.06. The molecule has 0 radical (unpaired) electrons. The number of urea groups is 1. The first-order chi connectivity index (χ1) is 11.6. The van der Waals surface area contributed by atoms with Crippen LogP contribution in [0.3, 0.4) is 0 Å². The normalized spacial score (nSPS) is 20.4. The molecule has 7 heteroatoms. The maximum Gasteiger partial charge on any atom is 0.325 e. The lowest BCUT2D eigenvalue weighted by Gasteiger charge is -2.26. The zero-order chi connectivity index (χ0) is 18.8. The summed E-state index contributed by atoms with van der Waals surface area (Å²) in [4.78, 5) is 38.2. The van der Waals surface area contributed by atoms with Gasteiger partial charge in [0.1, 0.15) is 17.8 Å². The van der Waals surface area contributed by atoms with Crippen molar-refractivity contribution in [1.82, 2.24) is 15.5 Å². The number of benzene rings is 1. The molecule has 0 saturated carbocycles. The van der Waals surface area contributed by atoms with Crippen LogP contribution in [0.1, 0.15) is 39.7 Å². The lowest BCUT2D eigenvalue weighted by atomic mass is 9.92. The summed E-state index contributed by atoms with van der Waals surface area (Å²) in [6, 6.07) is 6.31. The van der Waals surface area contributed by atoms with Crippen molar-refractivity contribution in [2.45, 2.75) is 45.2 Å². The average molecular weight is 347 g/mol. The summed E-state index contributed by atoms with van der Waals surface area (Å²) in [5.41, 5.74) is -0.970. The predicted octanol–water partition coefficient (Wildman–Crippen LogP) is 1.77. The lowest BCUT2D eigenvalue weighted by Crippen LogP contribution is -2.49. The predicted molar refractivity (Wildman–Crippen MR) is 93.1 cm³/mol. The second-order valence-electron chi connectivity index (χ2n) is 6.96. The van der Waals surface area contributed by atoms with Gasteiger partial charge in [0, 0.05) is 5.54 Å². The van der Waals surface area contributed by atoms with E-state index in [-0.39, 0.29) is 12.5 Å². The monoisotopic (exact) mass is 347 g/mol. The molecule has 1 heterocycles. The van der Waals surface area contributed by atoms with E-state index in [0.717, 1.165) is 11.3 Å². The zero-order valence-electron chi connectivity index (χ0n) is 15.3. The van der Waals surface area contributed by atoms with Crippen LogP contribution in [0.25, 0.3) is 0 Å². The van der Waals surface area contributed by atoms with E-state index >= 15 is 0 Å². The van der Waals surface area contributed by atoms with Crippen molar-refractivity contribution in [3.8, 4) is 5.75 Å². The Bertz CT molecular complexity index is 684. The highest BCUT2D eigenvalue weighted by atomic mass is 16.5. The van der Waals surface area contributed by atoms with Crippen LogP contribution >= 0.6 is 0 Å². The molecule has 1 fully saturated rings. The SMILES string of the molecule is CCC(C)(C)NC(=O)CN1C(=O)NC(C)(c2ccc(OC)cc2)C1=O. The Morgan fingerprint density at radius 3 is 2.40 bits per heavy atom. The standard InChI is InChI=1S/C18H25N3O4/c1-6-17(2,3)19-14(22)11-21-15(23)18(4,20-16(21)24)12-7-9-13(25-5)10-8-12/h7-10H,6,11H2,1-5H3,(H,19,22)(H,20,24). The molecule has 136 valence electrons. The second kappa shape index (κ2) is 6.74. The number of nitrogens with zero attached hydrogens (tertiary/aromatic N) is 1. The fraction of sp³-hybridized carbons (Fsp3) is 0.500. The lowest BCUT2D eigenvalue weighted by molar-refractivity contribution is -0.135. The first-order valence-electron chi connectivity index (χ1n) is 8.22. The summed E-state index contributed by atoms with van der Waals surface area (Å²) in [6.45, 7) is 7.05. The van der Waals surface area contributed by atoms with E-state index in [0.29, 0.717) is 11.3 Å². The molecule has 0 spiro atoms. The van der Waals surface area contributed by atoms with Crippen LogP contribution < -0.4 is 15.4 Å². The van der Waals surface area contributed by atoms with E-state index in [4.69, 9.17) is 4.74 Å². The highest BCUT2D eigenvalue weighted by Gasteiger charge is 2.49. The van der Waals surface area contributed by atoms with Gasteiger partial charge in [0.15, 0.2) is 0 Å².